The summed E-state index contributed by atoms with van der Waals surface area (Å²) in [4.78, 5) is 2.45. The minimum atomic E-state index is 0.144. The summed E-state index contributed by atoms with van der Waals surface area (Å²) in [6.07, 6.45) is 3.77. The molecular formula is C13H28N2O. The zero-order chi connectivity index (χ0) is 12.4. The molecule has 1 aliphatic carbocycles. The first-order valence-electron chi connectivity index (χ1n) is 6.33. The van der Waals surface area contributed by atoms with Crippen LogP contribution in [0.3, 0.4) is 0 Å². The quantitative estimate of drug-likeness (QED) is 0.780. The molecule has 1 saturated carbocycles. The van der Waals surface area contributed by atoms with Gasteiger partial charge in [0, 0.05) is 25.2 Å². The van der Waals surface area contributed by atoms with E-state index in [-0.39, 0.29) is 5.54 Å². The molecule has 1 fully saturated rings. The second kappa shape index (κ2) is 5.03. The number of nitrogens with two attached hydrogens (primary N) is 1. The molecule has 2 atom stereocenters. The smallest absolute Gasteiger partial charge is 0.0615 e. The Morgan fingerprint density at radius 1 is 1.38 bits per heavy atom. The van der Waals surface area contributed by atoms with Crippen LogP contribution in [0.25, 0.3) is 0 Å². The highest BCUT2D eigenvalue weighted by atomic mass is 16.5. The van der Waals surface area contributed by atoms with Crippen molar-refractivity contribution in [2.75, 3.05) is 27.3 Å². The third-order valence-electron chi connectivity index (χ3n) is 4.73. The molecule has 0 spiro atoms. The van der Waals surface area contributed by atoms with E-state index in [0.717, 1.165) is 13.2 Å². The lowest BCUT2D eigenvalue weighted by molar-refractivity contribution is -0.0161. The van der Waals surface area contributed by atoms with Crippen LogP contribution in [0.2, 0.25) is 0 Å². The molecule has 16 heavy (non-hydrogen) atoms. The average Bonchev–Trinajstić information content (AvgIpc) is 2.53. The summed E-state index contributed by atoms with van der Waals surface area (Å²) >= 11 is 0. The molecule has 0 heterocycles. The van der Waals surface area contributed by atoms with E-state index in [1.165, 1.54) is 19.3 Å². The maximum atomic E-state index is 6.10. The van der Waals surface area contributed by atoms with Crippen molar-refractivity contribution in [3.63, 3.8) is 0 Å². The van der Waals surface area contributed by atoms with E-state index in [1.54, 1.807) is 7.11 Å². The Kier molecular flexibility index (Phi) is 4.38. The van der Waals surface area contributed by atoms with Crippen LogP contribution >= 0.6 is 0 Å². The van der Waals surface area contributed by atoms with Crippen molar-refractivity contribution in [3.8, 4) is 0 Å². The van der Waals surface area contributed by atoms with Crippen molar-refractivity contribution in [2.45, 2.75) is 51.6 Å². The molecular weight excluding hydrogens is 200 g/mol. The molecule has 0 saturated heterocycles. The fraction of sp³-hybridized carbons (Fsp3) is 1.00. The summed E-state index contributed by atoms with van der Waals surface area (Å²) in [5, 5.41) is 0. The molecule has 0 radical (unpaired) electrons. The van der Waals surface area contributed by atoms with Crippen molar-refractivity contribution in [2.24, 2.45) is 11.1 Å². The van der Waals surface area contributed by atoms with E-state index in [2.05, 4.69) is 32.7 Å². The predicted octanol–water partition coefficient (Wildman–Crippen LogP) is 1.86. The number of nitrogens with zero attached hydrogens (tertiary/aromatic N) is 1. The van der Waals surface area contributed by atoms with Crippen LogP contribution in [0, 0.1) is 5.41 Å². The van der Waals surface area contributed by atoms with Crippen LogP contribution in [-0.4, -0.2) is 43.8 Å². The van der Waals surface area contributed by atoms with Crippen LogP contribution in [-0.2, 0) is 4.74 Å². The number of ether oxygens (including phenoxy) is 1. The molecule has 0 aromatic heterocycles. The molecule has 0 aromatic carbocycles. The summed E-state index contributed by atoms with van der Waals surface area (Å²) < 4.78 is 5.26. The highest BCUT2D eigenvalue weighted by Crippen LogP contribution is 2.49. The first-order chi connectivity index (χ1) is 7.41. The van der Waals surface area contributed by atoms with Gasteiger partial charge in [-0.25, -0.2) is 0 Å². The highest BCUT2D eigenvalue weighted by molar-refractivity contribution is 5.07. The Hall–Kier alpha value is -0.120. The molecule has 3 nitrogen and oxygen atoms in total. The minimum Gasteiger partial charge on any atom is -0.383 e. The van der Waals surface area contributed by atoms with Gasteiger partial charge in [0.1, 0.15) is 0 Å². The summed E-state index contributed by atoms with van der Waals surface area (Å²) in [6, 6.07) is 0.422. The summed E-state index contributed by atoms with van der Waals surface area (Å²) in [6.45, 7) is 8.43. The predicted molar refractivity (Wildman–Crippen MR) is 68.5 cm³/mol. The van der Waals surface area contributed by atoms with Gasteiger partial charge in [0.25, 0.3) is 0 Å². The molecule has 0 bridgehead atoms. The average molecular weight is 228 g/mol. The SMILES string of the molecule is COCC(C)N(C)C1(CN)CCCC1(C)C. The fourth-order valence-electron chi connectivity index (χ4n) is 3.34. The van der Waals surface area contributed by atoms with Gasteiger partial charge in [-0.3, -0.25) is 4.90 Å². The third-order valence-corrected chi connectivity index (χ3v) is 4.73. The zero-order valence-electron chi connectivity index (χ0n) is 11.5. The lowest BCUT2D eigenvalue weighted by atomic mass is 9.73. The van der Waals surface area contributed by atoms with Gasteiger partial charge in [-0.2, -0.15) is 0 Å². The summed E-state index contributed by atoms with van der Waals surface area (Å²) in [5.41, 5.74) is 6.54. The molecule has 1 aliphatic rings. The Labute approximate surface area is 100 Å². The molecule has 3 heteroatoms. The molecule has 0 aromatic rings. The van der Waals surface area contributed by atoms with Crippen molar-refractivity contribution < 1.29 is 4.74 Å². The van der Waals surface area contributed by atoms with E-state index in [1.807, 2.05) is 0 Å². The zero-order valence-corrected chi connectivity index (χ0v) is 11.5. The Balaban J connectivity index is 2.87. The van der Waals surface area contributed by atoms with Crippen molar-refractivity contribution in [1.29, 1.82) is 0 Å². The minimum absolute atomic E-state index is 0.144. The number of methoxy groups -OCH3 is 1. The largest absolute Gasteiger partial charge is 0.383 e. The second-order valence-corrected chi connectivity index (χ2v) is 5.89. The summed E-state index contributed by atoms with van der Waals surface area (Å²) in [5.74, 6) is 0. The molecule has 2 N–H and O–H groups in total. The van der Waals surface area contributed by atoms with Gasteiger partial charge in [-0.1, -0.05) is 20.3 Å². The normalized spacial score (nSPS) is 30.9. The monoisotopic (exact) mass is 228 g/mol. The van der Waals surface area contributed by atoms with Gasteiger partial charge < -0.3 is 10.5 Å². The van der Waals surface area contributed by atoms with Gasteiger partial charge in [0.05, 0.1) is 6.61 Å². The molecule has 0 aliphatic heterocycles. The number of likely N-dealkylation sites (N-methyl/N-ethyl adjacent to an activating group) is 1. The van der Waals surface area contributed by atoms with Crippen molar-refractivity contribution >= 4 is 0 Å². The van der Waals surface area contributed by atoms with Crippen LogP contribution in [0.1, 0.15) is 40.0 Å². The van der Waals surface area contributed by atoms with E-state index < -0.39 is 0 Å². The van der Waals surface area contributed by atoms with E-state index in [4.69, 9.17) is 10.5 Å². The van der Waals surface area contributed by atoms with Crippen LogP contribution in [0.5, 0.6) is 0 Å². The standard InChI is InChI=1S/C13H28N2O/c1-11(9-16-5)15(4)13(10-14)8-6-7-12(13,2)3/h11H,6-10,14H2,1-5H3. The van der Waals surface area contributed by atoms with Gasteiger partial charge >= 0.3 is 0 Å². The Bertz CT molecular complexity index is 230. The van der Waals surface area contributed by atoms with Gasteiger partial charge in [-0.05, 0) is 32.2 Å². The lowest BCUT2D eigenvalue weighted by Crippen LogP contribution is -2.61. The fourth-order valence-corrected chi connectivity index (χ4v) is 3.34. The molecule has 1 rings (SSSR count). The van der Waals surface area contributed by atoms with Gasteiger partial charge in [0.15, 0.2) is 0 Å². The van der Waals surface area contributed by atoms with E-state index in [0.29, 0.717) is 11.5 Å². The van der Waals surface area contributed by atoms with Crippen LogP contribution in [0.4, 0.5) is 0 Å². The maximum absolute atomic E-state index is 6.10. The van der Waals surface area contributed by atoms with E-state index in [9.17, 15) is 0 Å². The lowest BCUT2D eigenvalue weighted by Gasteiger charge is -2.50. The third kappa shape index (κ3) is 2.13. The number of rotatable bonds is 5. The molecule has 2 unspecified atom stereocenters. The second-order valence-electron chi connectivity index (χ2n) is 5.89. The highest BCUT2D eigenvalue weighted by Gasteiger charge is 2.51. The van der Waals surface area contributed by atoms with Gasteiger partial charge in [0.2, 0.25) is 0 Å². The van der Waals surface area contributed by atoms with Crippen LogP contribution in [0.15, 0.2) is 0 Å². The first-order valence-corrected chi connectivity index (χ1v) is 6.33. The summed E-state index contributed by atoms with van der Waals surface area (Å²) in [7, 11) is 3.96. The number of hydrogen-bond donors (Lipinski definition) is 1. The molecule has 0 amide bonds. The Morgan fingerprint density at radius 3 is 2.38 bits per heavy atom. The van der Waals surface area contributed by atoms with Crippen LogP contribution < -0.4 is 5.73 Å². The molecule has 96 valence electrons. The van der Waals surface area contributed by atoms with Crippen molar-refractivity contribution in [1.82, 2.24) is 4.90 Å². The van der Waals surface area contributed by atoms with Crippen molar-refractivity contribution in [3.05, 3.63) is 0 Å². The van der Waals surface area contributed by atoms with Gasteiger partial charge in [-0.15, -0.1) is 0 Å². The maximum Gasteiger partial charge on any atom is 0.0615 e. The topological polar surface area (TPSA) is 38.5 Å². The first kappa shape index (κ1) is 13.9. The number of hydrogen-bond acceptors (Lipinski definition) is 3. The Morgan fingerprint density at radius 2 is 2.00 bits per heavy atom. The van der Waals surface area contributed by atoms with E-state index >= 15 is 0 Å².